The Balaban J connectivity index is 1.23. The molecule has 0 aliphatic carbocycles. The zero-order valence-corrected chi connectivity index (χ0v) is 26.3. The van der Waals surface area contributed by atoms with E-state index >= 15 is 0 Å². The maximum absolute atomic E-state index is 4.22. The molecule has 0 aromatic heterocycles. The average molecular weight is 577 g/mol. The van der Waals surface area contributed by atoms with Gasteiger partial charge in [-0.1, -0.05) is 0 Å². The molecule has 1 aromatic carbocycles. The molecule has 0 saturated carbocycles. The summed E-state index contributed by atoms with van der Waals surface area (Å²) in [5.41, 5.74) is 2.32. The van der Waals surface area contributed by atoms with E-state index in [0.29, 0.717) is 19.2 Å². The number of hydrogen-bond acceptors (Lipinski definition) is 2. The Morgan fingerprint density at radius 2 is 1.41 bits per heavy atom. The summed E-state index contributed by atoms with van der Waals surface area (Å²) in [6.45, 7) is 9.23. The molecule has 2 nitrogen and oxygen atoms in total. The molecule has 5 heteroatoms. The molecule has 12 fully saturated rings. The Hall–Kier alpha value is 0.519. The summed E-state index contributed by atoms with van der Waals surface area (Å²) in [6.07, 6.45) is 7.23. The van der Waals surface area contributed by atoms with Crippen LogP contribution in [0.3, 0.4) is 0 Å². The summed E-state index contributed by atoms with van der Waals surface area (Å²) in [5, 5.41) is 8.42. The Bertz CT molecular complexity index is 1730. The molecule has 13 rings (SSSR count). The molecular formula is C32H46FeN2P2. The van der Waals surface area contributed by atoms with Gasteiger partial charge in [0.15, 0.2) is 0 Å². The molecule has 12 saturated heterocycles. The van der Waals surface area contributed by atoms with E-state index in [1.807, 2.05) is 5.56 Å². The van der Waals surface area contributed by atoms with Gasteiger partial charge in [-0.3, -0.25) is 0 Å². The molecule has 12 aliphatic heterocycles. The molecule has 12 heterocycles. The van der Waals surface area contributed by atoms with Gasteiger partial charge in [0.25, 0.3) is 0 Å². The first-order valence-electron chi connectivity index (χ1n) is 15.8. The molecule has 0 radical (unpaired) electrons. The number of rotatable bonds is 5. The SMILES string of the molecule is CC(C)(C)[C]12[C]3(c4ccccc4)[CH]4[C]5(CP)[C]1(C(P)(C1CCCNC1)C1CCCNC1)[Fe]45321678[CH]2[CH]1[CH]6[CH]7[CH]28. The van der Waals surface area contributed by atoms with Gasteiger partial charge in [-0.25, -0.2) is 0 Å². The van der Waals surface area contributed by atoms with Gasteiger partial charge < -0.3 is 0 Å². The van der Waals surface area contributed by atoms with Crippen molar-refractivity contribution in [2.45, 2.75) is 97.8 Å². The van der Waals surface area contributed by atoms with Crippen molar-refractivity contribution in [1.29, 1.82) is 0 Å². The van der Waals surface area contributed by atoms with Crippen LogP contribution in [0.25, 0.3) is 0 Å². The van der Waals surface area contributed by atoms with Crippen LogP contribution in [-0.4, -0.2) is 37.5 Å². The van der Waals surface area contributed by atoms with Crippen LogP contribution in [0.2, 0.25) is 41.8 Å². The molecule has 9 unspecified atom stereocenters. The van der Waals surface area contributed by atoms with Crippen LogP contribution in [0.1, 0.15) is 52.0 Å². The Labute approximate surface area is 218 Å². The topological polar surface area (TPSA) is 24.1 Å². The third kappa shape index (κ3) is 0.429. The van der Waals surface area contributed by atoms with Crippen LogP contribution < -0.4 is 10.6 Å². The normalized spacial score (nSPS) is 78.4. The Morgan fingerprint density at radius 1 is 0.865 bits per heavy atom. The van der Waals surface area contributed by atoms with E-state index in [0.717, 1.165) is 20.5 Å². The van der Waals surface area contributed by atoms with Gasteiger partial charge in [0, 0.05) is 0 Å². The van der Waals surface area contributed by atoms with E-state index in [1.54, 1.807) is 0 Å². The van der Waals surface area contributed by atoms with Crippen LogP contribution >= 0.6 is 18.5 Å². The van der Waals surface area contributed by atoms with Crippen molar-refractivity contribution in [2.24, 2.45) is 17.3 Å². The zero-order valence-electron chi connectivity index (χ0n) is 22.9. The Kier molecular flexibility index (Phi) is 1.64. The summed E-state index contributed by atoms with van der Waals surface area (Å²) in [7, 11) is 7.46. The van der Waals surface area contributed by atoms with Gasteiger partial charge in [-0.2, -0.15) is 0 Å². The Morgan fingerprint density at radius 3 is 1.81 bits per heavy atom. The molecule has 9 atom stereocenters. The quantitative estimate of drug-likeness (QED) is 0.288. The third-order valence-corrected chi connectivity index (χ3v) is 70.2. The molecule has 1 spiro atoms. The molecular weight excluding hydrogens is 530 g/mol. The van der Waals surface area contributed by atoms with Gasteiger partial charge in [0.05, 0.1) is 0 Å². The monoisotopic (exact) mass is 576 g/mol. The molecule has 2 N–H and O–H groups in total. The van der Waals surface area contributed by atoms with Crippen molar-refractivity contribution in [3.63, 3.8) is 0 Å². The summed E-state index contributed by atoms with van der Waals surface area (Å²) >= 11 is 0. The fourth-order valence-corrected chi connectivity index (χ4v) is 119. The number of fused-ring (bicyclic) bond motifs is 10. The summed E-state index contributed by atoms with van der Waals surface area (Å²) in [5.74, 6) is 1.72. The van der Waals surface area contributed by atoms with Crippen LogP contribution in [0.4, 0.5) is 0 Å². The number of nitrogens with one attached hydrogen (secondary N) is 2. The second kappa shape index (κ2) is 2.97. The predicted octanol–water partition coefficient (Wildman–Crippen LogP) is 7.13. The standard InChI is InChI=1S/C27H41N2P2.C5H5.Fe/c1-26(2,3)25-23(19-9-5-4-6-10-19)15-20(18-30)24(25)27(31,21-11-7-13-28-16-21)22-12-8-14-29-17-22;1-2-4-5-3-1;/h4-6,9-10,15,21-22,28-29H,7-8,11-14,16-18,30-31H2,1-3H3;1-5H;. The molecule has 0 bridgehead atoms. The fourth-order valence-electron chi connectivity index (χ4n) is 26.9. The van der Waals surface area contributed by atoms with Gasteiger partial charge in [-0.15, -0.1) is 0 Å². The molecule has 12 aliphatic rings. The summed E-state index contributed by atoms with van der Waals surface area (Å²) < 4.78 is 2.88. The first-order chi connectivity index (χ1) is 17.6. The summed E-state index contributed by atoms with van der Waals surface area (Å²) in [6, 6.07) is 12.5. The van der Waals surface area contributed by atoms with Crippen molar-refractivity contribution < 1.29 is 6.51 Å². The van der Waals surface area contributed by atoms with Crippen LogP contribution in [0.5, 0.6) is 0 Å². The van der Waals surface area contributed by atoms with Crippen molar-refractivity contribution in [3.05, 3.63) is 35.9 Å². The molecule has 37 heavy (non-hydrogen) atoms. The van der Waals surface area contributed by atoms with Crippen molar-refractivity contribution in [2.75, 3.05) is 32.3 Å². The van der Waals surface area contributed by atoms with E-state index < -0.39 is 6.51 Å². The number of benzene rings is 1. The third-order valence-electron chi connectivity index (χ3n) is 22.5. The second-order valence-corrected chi connectivity index (χ2v) is 42.9. The van der Waals surface area contributed by atoms with Crippen molar-refractivity contribution in [3.8, 4) is 0 Å². The average Bonchev–Trinajstić information content (AvgIpc) is 3.87. The van der Waals surface area contributed by atoms with Gasteiger partial charge >= 0.3 is 219 Å². The van der Waals surface area contributed by atoms with Crippen LogP contribution in [-0.2, 0) is 10.8 Å². The fraction of sp³-hybridized carbons (Fsp3) is 0.812. The minimum atomic E-state index is -4.22. The van der Waals surface area contributed by atoms with Gasteiger partial charge in [0.2, 0.25) is 0 Å². The predicted molar refractivity (Wildman–Crippen MR) is 156 cm³/mol. The number of piperidine rings is 2. The molecule has 1 aromatic rings. The molecule has 202 valence electrons. The number of hydrogen-bond donors (Lipinski definition) is 2. The van der Waals surface area contributed by atoms with Gasteiger partial charge in [-0.05, 0) is 0 Å². The van der Waals surface area contributed by atoms with E-state index in [1.165, 1.54) is 86.9 Å². The maximum atomic E-state index is 3.99. The first kappa shape index (κ1) is 20.4. The van der Waals surface area contributed by atoms with Gasteiger partial charge in [0.1, 0.15) is 0 Å². The second-order valence-electron chi connectivity index (χ2n) is 18.9. The first-order valence-corrected chi connectivity index (χ1v) is 23.2. The van der Waals surface area contributed by atoms with E-state index in [2.05, 4.69) is 80.2 Å². The van der Waals surface area contributed by atoms with Crippen LogP contribution in [0.15, 0.2) is 30.3 Å². The zero-order chi connectivity index (χ0) is 24.8. The summed E-state index contributed by atoms with van der Waals surface area (Å²) in [4.78, 5) is 7.52. The van der Waals surface area contributed by atoms with E-state index in [9.17, 15) is 0 Å². The van der Waals surface area contributed by atoms with E-state index in [4.69, 9.17) is 0 Å². The molecule has 0 amide bonds. The minimum absolute atomic E-state index is 0.432. The van der Waals surface area contributed by atoms with E-state index in [-0.39, 0.29) is 0 Å². The van der Waals surface area contributed by atoms with Crippen LogP contribution in [0, 0.1) is 17.3 Å². The van der Waals surface area contributed by atoms with Crippen molar-refractivity contribution in [1.82, 2.24) is 10.6 Å². The van der Waals surface area contributed by atoms with Crippen molar-refractivity contribution >= 4 is 18.5 Å².